The maximum absolute atomic E-state index is 12.5. The van der Waals surface area contributed by atoms with Gasteiger partial charge in [-0.3, -0.25) is 4.79 Å². The van der Waals surface area contributed by atoms with Gasteiger partial charge in [-0.2, -0.15) is 0 Å². The maximum Gasteiger partial charge on any atom is 0.342 e. The number of carbonyl (C=O) groups excluding carboxylic acids is 3. The summed E-state index contributed by atoms with van der Waals surface area (Å²) in [6, 6.07) is 13.9. The van der Waals surface area contributed by atoms with E-state index < -0.39 is 24.5 Å². The number of benzene rings is 2. The number of hydrogen-bond donors (Lipinski definition) is 2. The van der Waals surface area contributed by atoms with Gasteiger partial charge in [0.1, 0.15) is 21.9 Å². The van der Waals surface area contributed by atoms with Crippen LogP contribution in [0.1, 0.15) is 33.2 Å². The third-order valence-corrected chi connectivity index (χ3v) is 5.30. The lowest BCUT2D eigenvalue weighted by Crippen LogP contribution is -2.22. The second kappa shape index (κ2) is 9.90. The molecule has 31 heavy (non-hydrogen) atoms. The monoisotopic (exact) mass is 439 g/mol. The number of aryl methyl sites for hydroxylation is 1. The predicted molar refractivity (Wildman–Crippen MR) is 117 cm³/mol. The molecule has 2 N–H and O–H groups in total. The van der Waals surface area contributed by atoms with Crippen molar-refractivity contribution < 1.29 is 29.0 Å². The molecule has 1 heterocycles. The summed E-state index contributed by atoms with van der Waals surface area (Å²) >= 11 is 1.18. The van der Waals surface area contributed by atoms with Crippen molar-refractivity contribution in [2.24, 2.45) is 0 Å². The Hall–Kier alpha value is -3.65. The van der Waals surface area contributed by atoms with Gasteiger partial charge in [-0.25, -0.2) is 9.59 Å². The zero-order valence-electron chi connectivity index (χ0n) is 17.0. The molecule has 1 amide bonds. The van der Waals surface area contributed by atoms with Crippen molar-refractivity contribution in [2.75, 3.05) is 18.5 Å². The summed E-state index contributed by atoms with van der Waals surface area (Å²) in [5, 5.41) is 14.6. The summed E-state index contributed by atoms with van der Waals surface area (Å²) in [6.45, 7) is 2.96. The summed E-state index contributed by atoms with van der Waals surface area (Å²) in [5.41, 5.74) is 2.19. The van der Waals surface area contributed by atoms with Crippen LogP contribution in [0.4, 0.5) is 5.00 Å². The Bertz CT molecular complexity index is 1110. The van der Waals surface area contributed by atoms with Crippen molar-refractivity contribution in [3.8, 4) is 16.9 Å². The standard InChI is InChI=1S/C23H21NO6S/c1-3-29-23(28)19-17(15-9-5-4-6-10-15)13-31-21(19)24-18(25)12-30-22(27)16-11-7-8-14(2)20(16)26/h4-11,13,26H,3,12H2,1-2H3,(H,24,25). The van der Waals surface area contributed by atoms with Crippen LogP contribution < -0.4 is 5.32 Å². The molecule has 0 spiro atoms. The highest BCUT2D eigenvalue weighted by Gasteiger charge is 2.23. The number of esters is 2. The van der Waals surface area contributed by atoms with Crippen molar-refractivity contribution >= 4 is 34.2 Å². The molecule has 3 aromatic rings. The topological polar surface area (TPSA) is 102 Å². The fourth-order valence-electron chi connectivity index (χ4n) is 2.88. The molecular weight excluding hydrogens is 418 g/mol. The zero-order chi connectivity index (χ0) is 22.4. The average Bonchev–Trinajstić information content (AvgIpc) is 3.18. The van der Waals surface area contributed by atoms with E-state index in [0.717, 1.165) is 5.56 Å². The van der Waals surface area contributed by atoms with Crippen LogP contribution in [0.3, 0.4) is 0 Å². The van der Waals surface area contributed by atoms with Gasteiger partial charge in [0.05, 0.1) is 6.61 Å². The average molecular weight is 439 g/mol. The van der Waals surface area contributed by atoms with Crippen molar-refractivity contribution in [1.29, 1.82) is 0 Å². The second-order valence-corrected chi connectivity index (χ2v) is 7.42. The molecule has 160 valence electrons. The number of phenols is 1. The van der Waals surface area contributed by atoms with Gasteiger partial charge in [0, 0.05) is 10.9 Å². The van der Waals surface area contributed by atoms with Crippen LogP contribution in [-0.4, -0.2) is 36.2 Å². The molecule has 0 saturated heterocycles. The number of anilines is 1. The summed E-state index contributed by atoms with van der Waals surface area (Å²) in [4.78, 5) is 37.1. The Labute approximate surface area is 183 Å². The molecule has 2 aromatic carbocycles. The van der Waals surface area contributed by atoms with Gasteiger partial charge in [-0.15, -0.1) is 11.3 Å². The fraction of sp³-hybridized carbons (Fsp3) is 0.174. The molecule has 0 aliphatic carbocycles. The van der Waals surface area contributed by atoms with E-state index in [4.69, 9.17) is 9.47 Å². The molecule has 8 heteroatoms. The van der Waals surface area contributed by atoms with Crippen LogP contribution in [0.2, 0.25) is 0 Å². The number of phenolic OH excluding ortho intramolecular Hbond substituents is 1. The van der Waals surface area contributed by atoms with Gasteiger partial charge in [0.2, 0.25) is 0 Å². The van der Waals surface area contributed by atoms with Crippen LogP contribution in [0, 0.1) is 6.92 Å². The third kappa shape index (κ3) is 5.10. The summed E-state index contributed by atoms with van der Waals surface area (Å²) in [6.07, 6.45) is 0. The lowest BCUT2D eigenvalue weighted by molar-refractivity contribution is -0.119. The first kappa shape index (κ1) is 22.0. The van der Waals surface area contributed by atoms with Crippen LogP contribution in [0.25, 0.3) is 11.1 Å². The molecule has 1 aromatic heterocycles. The highest BCUT2D eigenvalue weighted by molar-refractivity contribution is 7.15. The first-order valence-electron chi connectivity index (χ1n) is 9.52. The predicted octanol–water partition coefficient (Wildman–Crippen LogP) is 4.40. The highest BCUT2D eigenvalue weighted by atomic mass is 32.1. The number of rotatable bonds is 7. The van der Waals surface area contributed by atoms with Crippen molar-refractivity contribution in [3.63, 3.8) is 0 Å². The number of para-hydroxylation sites is 1. The highest BCUT2D eigenvalue weighted by Crippen LogP contribution is 2.36. The van der Waals surface area contributed by atoms with Gasteiger partial charge in [-0.05, 0) is 31.0 Å². The number of aromatic hydroxyl groups is 1. The molecule has 0 unspecified atom stereocenters. The minimum Gasteiger partial charge on any atom is -0.507 e. The fourth-order valence-corrected chi connectivity index (χ4v) is 3.85. The van der Waals surface area contributed by atoms with Crippen LogP contribution in [0.5, 0.6) is 5.75 Å². The number of thiophene rings is 1. The molecule has 3 rings (SSSR count). The number of ether oxygens (including phenoxy) is 2. The molecule has 0 fully saturated rings. The van der Waals surface area contributed by atoms with Crippen LogP contribution >= 0.6 is 11.3 Å². The molecule has 0 aliphatic rings. The van der Waals surface area contributed by atoms with Gasteiger partial charge in [0.25, 0.3) is 5.91 Å². The Morgan fingerprint density at radius 3 is 2.45 bits per heavy atom. The Morgan fingerprint density at radius 2 is 1.74 bits per heavy atom. The van der Waals surface area contributed by atoms with E-state index in [1.54, 1.807) is 31.4 Å². The van der Waals surface area contributed by atoms with E-state index in [2.05, 4.69) is 5.32 Å². The molecule has 0 atom stereocenters. The van der Waals surface area contributed by atoms with Gasteiger partial charge >= 0.3 is 11.9 Å². The van der Waals surface area contributed by atoms with E-state index in [1.165, 1.54) is 17.4 Å². The van der Waals surface area contributed by atoms with E-state index in [1.807, 2.05) is 30.3 Å². The second-order valence-electron chi connectivity index (χ2n) is 6.54. The smallest absolute Gasteiger partial charge is 0.342 e. The van der Waals surface area contributed by atoms with E-state index in [-0.39, 0.29) is 23.5 Å². The summed E-state index contributed by atoms with van der Waals surface area (Å²) in [5.74, 6) is -2.19. The summed E-state index contributed by atoms with van der Waals surface area (Å²) in [7, 11) is 0. The Balaban J connectivity index is 1.75. The lowest BCUT2D eigenvalue weighted by atomic mass is 10.0. The van der Waals surface area contributed by atoms with Crippen LogP contribution in [-0.2, 0) is 14.3 Å². The van der Waals surface area contributed by atoms with Crippen molar-refractivity contribution in [3.05, 3.63) is 70.6 Å². The number of hydrogen-bond acceptors (Lipinski definition) is 7. The number of carbonyl (C=O) groups is 3. The maximum atomic E-state index is 12.5. The quantitative estimate of drug-likeness (QED) is 0.529. The van der Waals surface area contributed by atoms with Crippen molar-refractivity contribution in [2.45, 2.75) is 13.8 Å². The molecule has 0 aliphatic heterocycles. The first-order valence-corrected chi connectivity index (χ1v) is 10.4. The third-order valence-electron chi connectivity index (χ3n) is 4.40. The Morgan fingerprint density at radius 1 is 1.00 bits per heavy atom. The van der Waals surface area contributed by atoms with E-state index in [9.17, 15) is 19.5 Å². The summed E-state index contributed by atoms with van der Waals surface area (Å²) < 4.78 is 10.2. The van der Waals surface area contributed by atoms with E-state index in [0.29, 0.717) is 16.1 Å². The molecule has 7 nitrogen and oxygen atoms in total. The molecule has 0 saturated carbocycles. The molecular formula is C23H21NO6S. The molecule has 0 radical (unpaired) electrons. The van der Waals surface area contributed by atoms with Gasteiger partial charge in [-0.1, -0.05) is 42.5 Å². The zero-order valence-corrected chi connectivity index (χ0v) is 17.8. The van der Waals surface area contributed by atoms with Crippen LogP contribution in [0.15, 0.2) is 53.9 Å². The van der Waals surface area contributed by atoms with Crippen molar-refractivity contribution in [1.82, 2.24) is 0 Å². The normalized spacial score (nSPS) is 10.4. The van der Waals surface area contributed by atoms with Gasteiger partial charge < -0.3 is 19.9 Å². The SMILES string of the molecule is CCOC(=O)c1c(-c2ccccc2)csc1NC(=O)COC(=O)c1cccc(C)c1O. The lowest BCUT2D eigenvalue weighted by Gasteiger charge is -2.10. The largest absolute Gasteiger partial charge is 0.507 e. The number of nitrogens with one attached hydrogen (secondary N) is 1. The first-order chi connectivity index (χ1) is 14.9. The minimum atomic E-state index is -0.821. The molecule has 0 bridgehead atoms. The van der Waals surface area contributed by atoms with E-state index >= 15 is 0 Å². The Kier molecular flexibility index (Phi) is 7.04. The minimum absolute atomic E-state index is 0.0255. The number of amides is 1. The van der Waals surface area contributed by atoms with Gasteiger partial charge in [0.15, 0.2) is 6.61 Å².